The van der Waals surface area contributed by atoms with Crippen LogP contribution in [0.5, 0.6) is 0 Å². The summed E-state index contributed by atoms with van der Waals surface area (Å²) in [5.41, 5.74) is 5.37. The molecule has 2 aromatic rings. The van der Waals surface area contributed by atoms with Crippen LogP contribution in [0.2, 0.25) is 5.02 Å². The minimum atomic E-state index is -4.74. The van der Waals surface area contributed by atoms with Crippen molar-refractivity contribution >= 4 is 27.5 Å². The first-order chi connectivity index (χ1) is 14.0. The SMILES string of the molecule is NC(=O)c1ccc(CN2CCN(S(=O)(=O)c3ccc(Cl)c(C(F)(F)F)c3)CC2)cc1. The lowest BCUT2D eigenvalue weighted by Crippen LogP contribution is -2.48. The van der Waals surface area contributed by atoms with E-state index < -0.39 is 37.6 Å². The fraction of sp³-hybridized carbons (Fsp3) is 0.316. The van der Waals surface area contributed by atoms with Gasteiger partial charge in [-0.05, 0) is 35.9 Å². The molecule has 30 heavy (non-hydrogen) atoms. The van der Waals surface area contributed by atoms with Gasteiger partial charge in [-0.25, -0.2) is 8.42 Å². The van der Waals surface area contributed by atoms with E-state index >= 15 is 0 Å². The number of nitrogens with two attached hydrogens (primary N) is 1. The highest BCUT2D eigenvalue weighted by Crippen LogP contribution is 2.36. The maximum Gasteiger partial charge on any atom is 0.417 e. The number of carbonyl (C=O) groups is 1. The van der Waals surface area contributed by atoms with Crippen molar-refractivity contribution in [2.75, 3.05) is 26.2 Å². The van der Waals surface area contributed by atoms with Crippen molar-refractivity contribution in [3.63, 3.8) is 0 Å². The summed E-state index contributed by atoms with van der Waals surface area (Å²) in [6, 6.07) is 9.40. The normalized spacial score (nSPS) is 16.5. The lowest BCUT2D eigenvalue weighted by atomic mass is 10.1. The van der Waals surface area contributed by atoms with Crippen LogP contribution in [0.25, 0.3) is 0 Å². The minimum Gasteiger partial charge on any atom is -0.366 e. The molecule has 2 aromatic carbocycles. The average molecular weight is 462 g/mol. The van der Waals surface area contributed by atoms with Gasteiger partial charge in [-0.3, -0.25) is 9.69 Å². The Bertz CT molecular complexity index is 1040. The first-order valence-electron chi connectivity index (χ1n) is 8.96. The Balaban J connectivity index is 1.67. The Kier molecular flexibility index (Phi) is 6.42. The van der Waals surface area contributed by atoms with Crippen molar-refractivity contribution in [3.05, 3.63) is 64.2 Å². The van der Waals surface area contributed by atoms with Gasteiger partial charge in [-0.2, -0.15) is 17.5 Å². The van der Waals surface area contributed by atoms with Crippen molar-refractivity contribution < 1.29 is 26.4 Å². The fourth-order valence-electron chi connectivity index (χ4n) is 3.19. The predicted molar refractivity (Wildman–Crippen MR) is 105 cm³/mol. The zero-order chi connectivity index (χ0) is 22.1. The highest BCUT2D eigenvalue weighted by molar-refractivity contribution is 7.89. The van der Waals surface area contributed by atoms with E-state index in [0.29, 0.717) is 31.3 Å². The van der Waals surface area contributed by atoms with Crippen LogP contribution in [0.15, 0.2) is 47.4 Å². The number of amides is 1. The summed E-state index contributed by atoms with van der Waals surface area (Å²) < 4.78 is 65.9. The van der Waals surface area contributed by atoms with Gasteiger partial charge >= 0.3 is 6.18 Å². The van der Waals surface area contributed by atoms with Crippen molar-refractivity contribution in [2.24, 2.45) is 5.73 Å². The summed E-state index contributed by atoms with van der Waals surface area (Å²) >= 11 is 5.58. The highest BCUT2D eigenvalue weighted by atomic mass is 35.5. The third kappa shape index (κ3) is 4.94. The van der Waals surface area contributed by atoms with Crippen LogP contribution in [0.3, 0.4) is 0 Å². The fourth-order valence-corrected chi connectivity index (χ4v) is 4.87. The predicted octanol–water partition coefficient (Wildman–Crippen LogP) is 2.96. The summed E-state index contributed by atoms with van der Waals surface area (Å²) in [6.45, 7) is 1.66. The van der Waals surface area contributed by atoms with Gasteiger partial charge in [0.1, 0.15) is 0 Å². The van der Waals surface area contributed by atoms with Crippen molar-refractivity contribution in [2.45, 2.75) is 17.6 Å². The van der Waals surface area contributed by atoms with E-state index in [9.17, 15) is 26.4 Å². The summed E-state index contributed by atoms with van der Waals surface area (Å²) in [7, 11) is -4.08. The summed E-state index contributed by atoms with van der Waals surface area (Å²) in [6.07, 6.45) is -4.74. The number of hydrogen-bond donors (Lipinski definition) is 1. The zero-order valence-electron chi connectivity index (χ0n) is 15.7. The quantitative estimate of drug-likeness (QED) is 0.742. The molecule has 0 aliphatic carbocycles. The van der Waals surface area contributed by atoms with Crippen LogP contribution in [-0.2, 0) is 22.7 Å². The molecule has 162 valence electrons. The van der Waals surface area contributed by atoms with Gasteiger partial charge in [0.25, 0.3) is 0 Å². The second-order valence-corrected chi connectivity index (χ2v) is 9.23. The largest absolute Gasteiger partial charge is 0.417 e. The number of sulfonamides is 1. The van der Waals surface area contributed by atoms with E-state index in [1.54, 1.807) is 24.3 Å². The third-order valence-electron chi connectivity index (χ3n) is 4.86. The Labute approximate surface area is 177 Å². The van der Waals surface area contributed by atoms with Crippen LogP contribution in [0.1, 0.15) is 21.5 Å². The molecule has 0 spiro atoms. The first-order valence-corrected chi connectivity index (χ1v) is 10.8. The molecule has 0 aromatic heterocycles. The smallest absolute Gasteiger partial charge is 0.366 e. The molecular formula is C19H19ClF3N3O3S. The van der Waals surface area contributed by atoms with E-state index in [4.69, 9.17) is 17.3 Å². The Morgan fingerprint density at radius 2 is 1.63 bits per heavy atom. The number of hydrogen-bond acceptors (Lipinski definition) is 4. The topological polar surface area (TPSA) is 83.7 Å². The van der Waals surface area contributed by atoms with Crippen molar-refractivity contribution in [1.82, 2.24) is 9.21 Å². The summed E-state index contributed by atoms with van der Waals surface area (Å²) in [5.74, 6) is -0.517. The average Bonchev–Trinajstić information content (AvgIpc) is 2.68. The molecule has 2 N–H and O–H groups in total. The maximum absolute atomic E-state index is 13.1. The molecule has 0 atom stereocenters. The monoisotopic (exact) mass is 461 g/mol. The molecule has 0 unspecified atom stereocenters. The summed E-state index contributed by atoms with van der Waals surface area (Å²) in [5, 5.41) is -0.548. The van der Waals surface area contributed by atoms with Crippen LogP contribution < -0.4 is 5.73 Å². The zero-order valence-corrected chi connectivity index (χ0v) is 17.3. The molecule has 1 fully saturated rings. The second kappa shape index (κ2) is 8.54. The highest BCUT2D eigenvalue weighted by Gasteiger charge is 2.36. The number of nitrogens with zero attached hydrogens (tertiary/aromatic N) is 2. The Hall–Kier alpha value is -2.14. The van der Waals surface area contributed by atoms with Gasteiger partial charge < -0.3 is 5.73 Å². The number of piperazine rings is 1. The van der Waals surface area contributed by atoms with Crippen LogP contribution in [0.4, 0.5) is 13.2 Å². The van der Waals surface area contributed by atoms with Gasteiger partial charge in [0, 0.05) is 38.3 Å². The molecule has 11 heteroatoms. The number of benzene rings is 2. The number of primary amides is 1. The van der Waals surface area contributed by atoms with E-state index in [2.05, 4.69) is 0 Å². The standard InChI is InChI=1S/C19H19ClF3N3O3S/c20-17-6-5-15(11-16(17)19(21,22)23)30(28,29)26-9-7-25(8-10-26)12-13-1-3-14(4-2-13)18(24)27/h1-6,11H,7-10,12H2,(H2,24,27). The first kappa shape index (κ1) is 22.5. The van der Waals surface area contributed by atoms with Gasteiger partial charge in [-0.15, -0.1) is 0 Å². The van der Waals surface area contributed by atoms with Crippen molar-refractivity contribution in [1.29, 1.82) is 0 Å². The molecule has 6 nitrogen and oxygen atoms in total. The van der Waals surface area contributed by atoms with Crippen LogP contribution in [-0.4, -0.2) is 49.7 Å². The van der Waals surface area contributed by atoms with Gasteiger partial charge in [-0.1, -0.05) is 23.7 Å². The molecule has 0 bridgehead atoms. The lowest BCUT2D eigenvalue weighted by molar-refractivity contribution is -0.137. The Morgan fingerprint density at radius 3 is 2.17 bits per heavy atom. The van der Waals surface area contributed by atoms with E-state index in [-0.39, 0.29) is 13.1 Å². The third-order valence-corrected chi connectivity index (χ3v) is 7.08. The molecule has 1 saturated heterocycles. The van der Waals surface area contributed by atoms with E-state index in [1.165, 1.54) is 4.31 Å². The molecule has 0 saturated carbocycles. The lowest BCUT2D eigenvalue weighted by Gasteiger charge is -2.34. The minimum absolute atomic E-state index is 0.145. The molecular weight excluding hydrogens is 443 g/mol. The molecule has 0 radical (unpaired) electrons. The number of halogens is 4. The molecule has 1 heterocycles. The van der Waals surface area contributed by atoms with Gasteiger partial charge in [0.15, 0.2) is 0 Å². The Morgan fingerprint density at radius 1 is 1.03 bits per heavy atom. The molecule has 1 amide bonds. The molecule has 1 aliphatic heterocycles. The van der Waals surface area contributed by atoms with E-state index in [0.717, 1.165) is 17.7 Å². The second-order valence-electron chi connectivity index (χ2n) is 6.88. The number of carbonyl (C=O) groups excluding carboxylic acids is 1. The maximum atomic E-state index is 13.1. The number of alkyl halides is 3. The van der Waals surface area contributed by atoms with E-state index in [1.807, 2.05) is 4.90 Å². The van der Waals surface area contributed by atoms with Gasteiger partial charge in [0.05, 0.1) is 15.5 Å². The molecule has 3 rings (SSSR count). The number of rotatable bonds is 5. The molecule has 1 aliphatic rings. The van der Waals surface area contributed by atoms with Gasteiger partial charge in [0.2, 0.25) is 15.9 Å². The van der Waals surface area contributed by atoms with Crippen LogP contribution in [0, 0.1) is 0 Å². The van der Waals surface area contributed by atoms with Crippen molar-refractivity contribution in [3.8, 4) is 0 Å². The van der Waals surface area contributed by atoms with Crippen LogP contribution >= 0.6 is 11.6 Å². The summed E-state index contributed by atoms with van der Waals surface area (Å²) in [4.78, 5) is 12.7.